The molecule has 0 unspecified atom stereocenters. The molecule has 0 N–H and O–H groups in total. The highest BCUT2D eigenvalue weighted by molar-refractivity contribution is 6.02. The van der Waals surface area contributed by atoms with Gasteiger partial charge in [-0.25, -0.2) is 9.78 Å². The Kier molecular flexibility index (Phi) is 4.32. The van der Waals surface area contributed by atoms with Crippen LogP contribution in [0.3, 0.4) is 0 Å². The zero-order valence-electron chi connectivity index (χ0n) is 14.8. The maximum atomic E-state index is 12.5. The summed E-state index contributed by atoms with van der Waals surface area (Å²) in [5.41, 5.74) is 1.15. The smallest absolute Gasteiger partial charge is 0.338 e. The molecule has 2 aromatic carbocycles. The molecule has 2 heterocycles. The summed E-state index contributed by atoms with van der Waals surface area (Å²) in [6.45, 7) is 2.23. The number of ether oxygens (including phenoxy) is 1. The summed E-state index contributed by atoms with van der Waals surface area (Å²) < 4.78 is 7.01. The molecule has 6 heteroatoms. The van der Waals surface area contributed by atoms with Gasteiger partial charge >= 0.3 is 5.97 Å². The molecule has 0 aliphatic carbocycles. The normalized spacial score (nSPS) is 14.0. The van der Waals surface area contributed by atoms with Gasteiger partial charge in [0.15, 0.2) is 6.10 Å². The van der Waals surface area contributed by atoms with Crippen LogP contribution in [0.1, 0.15) is 39.9 Å². The Hall–Kier alpha value is -3.28. The third-order valence-corrected chi connectivity index (χ3v) is 4.76. The summed E-state index contributed by atoms with van der Waals surface area (Å²) in [5.74, 6) is -0.138. The predicted molar refractivity (Wildman–Crippen MR) is 100.0 cm³/mol. The first-order valence-electron chi connectivity index (χ1n) is 8.88. The summed E-state index contributed by atoms with van der Waals surface area (Å²) in [6, 6.07) is 13.4. The highest BCUT2D eigenvalue weighted by Crippen LogP contribution is 2.17. The Morgan fingerprint density at radius 1 is 1.11 bits per heavy atom. The molecule has 27 heavy (non-hydrogen) atoms. The average Bonchev–Trinajstić information content (AvgIpc) is 3.16. The number of hydrogen-bond donors (Lipinski definition) is 0. The van der Waals surface area contributed by atoms with Crippen molar-refractivity contribution in [1.82, 2.24) is 9.55 Å². The van der Waals surface area contributed by atoms with Crippen LogP contribution in [-0.2, 0) is 17.7 Å². The van der Waals surface area contributed by atoms with Gasteiger partial charge < -0.3 is 4.74 Å². The largest absolute Gasteiger partial charge is 0.451 e. The van der Waals surface area contributed by atoms with Gasteiger partial charge in [0.1, 0.15) is 5.82 Å². The van der Waals surface area contributed by atoms with Crippen LogP contribution in [0.5, 0.6) is 0 Å². The molecule has 1 atom stereocenters. The fourth-order valence-corrected chi connectivity index (χ4v) is 3.33. The first kappa shape index (κ1) is 17.1. The molecule has 0 saturated carbocycles. The van der Waals surface area contributed by atoms with Crippen LogP contribution in [-0.4, -0.2) is 27.4 Å². The third-order valence-electron chi connectivity index (χ3n) is 4.76. The lowest BCUT2D eigenvalue weighted by Crippen LogP contribution is -2.24. The summed E-state index contributed by atoms with van der Waals surface area (Å²) in [7, 11) is 0. The van der Waals surface area contributed by atoms with Crippen molar-refractivity contribution in [2.75, 3.05) is 0 Å². The number of carbonyl (C=O) groups is 2. The van der Waals surface area contributed by atoms with E-state index >= 15 is 0 Å². The number of fused-ring (bicyclic) bond motifs is 2. The van der Waals surface area contributed by atoms with E-state index in [9.17, 15) is 14.4 Å². The Morgan fingerprint density at radius 3 is 2.67 bits per heavy atom. The first-order valence-corrected chi connectivity index (χ1v) is 8.88. The number of rotatable bonds is 4. The number of Topliss-reactive ketones (excluding diaryl/α,β-unsaturated/α-hetero) is 1. The molecular formula is C21H18N2O4. The molecule has 0 saturated heterocycles. The van der Waals surface area contributed by atoms with Crippen molar-refractivity contribution in [3.05, 3.63) is 75.8 Å². The summed E-state index contributed by atoms with van der Waals surface area (Å²) in [5, 5.41) is 0.477. The number of aryl methyl sites for hydroxylation is 1. The van der Waals surface area contributed by atoms with E-state index in [0.29, 0.717) is 23.0 Å². The van der Waals surface area contributed by atoms with Crippen LogP contribution < -0.4 is 5.56 Å². The standard InChI is InChI=1S/C21H18N2O4/c1-13(19(24)14-6-3-2-4-7-14)27-21(26)15-9-10-16-17(12-15)22-18-8-5-11-23(18)20(16)25/h2-4,6-7,9-10,12-13H,5,8,11H2,1H3/t13-/m0/s1. The minimum Gasteiger partial charge on any atom is -0.451 e. The summed E-state index contributed by atoms with van der Waals surface area (Å²) in [4.78, 5) is 41.8. The maximum absolute atomic E-state index is 12.5. The van der Waals surface area contributed by atoms with E-state index in [1.54, 1.807) is 47.9 Å². The predicted octanol–water partition coefficient (Wildman–Crippen LogP) is 2.77. The molecule has 1 aliphatic heterocycles. The van der Waals surface area contributed by atoms with Gasteiger partial charge in [0.05, 0.1) is 16.5 Å². The van der Waals surface area contributed by atoms with Crippen molar-refractivity contribution < 1.29 is 14.3 Å². The number of nitrogens with zero attached hydrogens (tertiary/aromatic N) is 2. The maximum Gasteiger partial charge on any atom is 0.338 e. The molecule has 4 rings (SSSR count). The van der Waals surface area contributed by atoms with Crippen LogP contribution in [0.2, 0.25) is 0 Å². The number of carbonyl (C=O) groups excluding carboxylic acids is 2. The van der Waals surface area contributed by atoms with Crippen LogP contribution in [0, 0.1) is 0 Å². The average molecular weight is 362 g/mol. The van der Waals surface area contributed by atoms with Crippen molar-refractivity contribution >= 4 is 22.7 Å². The fraction of sp³-hybridized carbons (Fsp3) is 0.238. The number of ketones is 1. The van der Waals surface area contributed by atoms with Crippen LogP contribution in [0.25, 0.3) is 10.9 Å². The Morgan fingerprint density at radius 2 is 1.89 bits per heavy atom. The van der Waals surface area contributed by atoms with E-state index in [0.717, 1.165) is 18.7 Å². The monoisotopic (exact) mass is 362 g/mol. The van der Waals surface area contributed by atoms with E-state index in [1.807, 2.05) is 6.07 Å². The lowest BCUT2D eigenvalue weighted by Gasteiger charge is -2.13. The number of esters is 1. The van der Waals surface area contributed by atoms with E-state index in [1.165, 1.54) is 6.07 Å². The van der Waals surface area contributed by atoms with Gasteiger partial charge in [0.2, 0.25) is 5.78 Å². The lowest BCUT2D eigenvalue weighted by molar-refractivity contribution is 0.0319. The van der Waals surface area contributed by atoms with Gasteiger partial charge in [-0.2, -0.15) is 0 Å². The second-order valence-corrected chi connectivity index (χ2v) is 6.60. The zero-order valence-corrected chi connectivity index (χ0v) is 14.8. The SMILES string of the molecule is C[C@H](OC(=O)c1ccc2c(=O)n3c(nc2c1)CCC3)C(=O)c1ccccc1. The van der Waals surface area contributed by atoms with Crippen molar-refractivity contribution in [1.29, 1.82) is 0 Å². The second kappa shape index (κ2) is 6.79. The van der Waals surface area contributed by atoms with Crippen LogP contribution >= 0.6 is 0 Å². The quantitative estimate of drug-likeness (QED) is 0.527. The lowest BCUT2D eigenvalue weighted by atomic mass is 10.1. The third kappa shape index (κ3) is 3.14. The second-order valence-electron chi connectivity index (χ2n) is 6.60. The van der Waals surface area contributed by atoms with Crippen molar-refractivity contribution in [3.8, 4) is 0 Å². The van der Waals surface area contributed by atoms with E-state index in [2.05, 4.69) is 4.98 Å². The van der Waals surface area contributed by atoms with Gasteiger partial charge in [0, 0.05) is 18.5 Å². The van der Waals surface area contributed by atoms with Gasteiger partial charge in [0.25, 0.3) is 5.56 Å². The van der Waals surface area contributed by atoms with Gasteiger partial charge in [-0.3, -0.25) is 14.2 Å². The number of benzene rings is 2. The number of aromatic nitrogens is 2. The first-order chi connectivity index (χ1) is 13.0. The van der Waals surface area contributed by atoms with Crippen molar-refractivity contribution in [3.63, 3.8) is 0 Å². The molecule has 0 amide bonds. The van der Waals surface area contributed by atoms with Crippen molar-refractivity contribution in [2.24, 2.45) is 0 Å². The van der Waals surface area contributed by atoms with E-state index < -0.39 is 12.1 Å². The zero-order chi connectivity index (χ0) is 19.0. The molecule has 0 bridgehead atoms. The van der Waals surface area contributed by atoms with Crippen LogP contribution in [0.4, 0.5) is 0 Å². The highest BCUT2D eigenvalue weighted by atomic mass is 16.5. The topological polar surface area (TPSA) is 78.3 Å². The molecule has 6 nitrogen and oxygen atoms in total. The molecule has 1 aromatic heterocycles. The Bertz CT molecular complexity index is 1100. The molecule has 0 radical (unpaired) electrons. The minimum atomic E-state index is -0.908. The van der Waals surface area contributed by atoms with E-state index in [-0.39, 0.29) is 16.9 Å². The highest BCUT2D eigenvalue weighted by Gasteiger charge is 2.21. The van der Waals surface area contributed by atoms with Crippen LogP contribution in [0.15, 0.2) is 53.3 Å². The molecule has 1 aliphatic rings. The van der Waals surface area contributed by atoms with Gasteiger partial charge in [-0.15, -0.1) is 0 Å². The van der Waals surface area contributed by atoms with Crippen molar-refractivity contribution in [2.45, 2.75) is 32.4 Å². The Balaban J connectivity index is 1.59. The number of hydrogen-bond acceptors (Lipinski definition) is 5. The molecular weight excluding hydrogens is 344 g/mol. The minimum absolute atomic E-state index is 0.0833. The fourth-order valence-electron chi connectivity index (χ4n) is 3.33. The molecule has 0 fully saturated rings. The van der Waals surface area contributed by atoms with Gasteiger partial charge in [-0.05, 0) is 31.5 Å². The molecule has 0 spiro atoms. The Labute approximate surface area is 155 Å². The van der Waals surface area contributed by atoms with Gasteiger partial charge in [-0.1, -0.05) is 30.3 Å². The van der Waals surface area contributed by atoms with E-state index in [4.69, 9.17) is 4.74 Å². The summed E-state index contributed by atoms with van der Waals surface area (Å²) >= 11 is 0. The summed E-state index contributed by atoms with van der Waals surface area (Å²) in [6.07, 6.45) is 0.740. The molecule has 3 aromatic rings. The molecule has 136 valence electrons.